The van der Waals surface area contributed by atoms with E-state index in [4.69, 9.17) is 0 Å². The van der Waals surface area contributed by atoms with Gasteiger partial charge >= 0.3 is 0 Å². The molecule has 4 aromatic rings. The standard InChI is InChI=1S/C26H28FN3OS/c1-16(2)28-26(31)25-24(21-6-4-5-7-23(21)32-25)17-10-11-30(14-17)15-18-13-29(3)22-12-19(27)8-9-20(18)22/h4-9,12-13,16-17H,10-11,14-15H2,1-3H3,(H,28,31)/t17-/m0/s1. The van der Waals surface area contributed by atoms with Crippen molar-refractivity contribution < 1.29 is 9.18 Å². The number of halogens is 1. The molecule has 0 spiro atoms. The topological polar surface area (TPSA) is 37.3 Å². The number of rotatable bonds is 5. The Morgan fingerprint density at radius 1 is 1.22 bits per heavy atom. The van der Waals surface area contributed by atoms with Gasteiger partial charge < -0.3 is 9.88 Å². The first-order valence-corrected chi connectivity index (χ1v) is 12.0. The van der Waals surface area contributed by atoms with Crippen LogP contribution in [0.2, 0.25) is 0 Å². The molecule has 2 aromatic heterocycles. The van der Waals surface area contributed by atoms with E-state index in [1.165, 1.54) is 27.3 Å². The molecule has 32 heavy (non-hydrogen) atoms. The van der Waals surface area contributed by atoms with Gasteiger partial charge in [0.05, 0.1) is 10.4 Å². The lowest BCUT2D eigenvalue weighted by Crippen LogP contribution is -2.30. The number of carbonyl (C=O) groups excluding carboxylic acids is 1. The summed E-state index contributed by atoms with van der Waals surface area (Å²) in [6, 6.07) is 13.5. The van der Waals surface area contributed by atoms with E-state index < -0.39 is 0 Å². The first-order chi connectivity index (χ1) is 15.4. The average Bonchev–Trinajstić information content (AvgIpc) is 3.44. The zero-order valence-electron chi connectivity index (χ0n) is 18.7. The number of thiophene rings is 1. The van der Waals surface area contributed by atoms with E-state index in [1.54, 1.807) is 17.4 Å². The van der Waals surface area contributed by atoms with Crippen LogP contribution in [-0.2, 0) is 13.6 Å². The Morgan fingerprint density at radius 3 is 2.84 bits per heavy atom. The van der Waals surface area contributed by atoms with Gasteiger partial charge in [-0.1, -0.05) is 18.2 Å². The molecule has 1 aliphatic rings. The van der Waals surface area contributed by atoms with Crippen LogP contribution in [0.3, 0.4) is 0 Å². The molecule has 0 bridgehead atoms. The zero-order valence-corrected chi connectivity index (χ0v) is 19.5. The van der Waals surface area contributed by atoms with Crippen molar-refractivity contribution in [3.05, 3.63) is 70.5 Å². The summed E-state index contributed by atoms with van der Waals surface area (Å²) in [4.78, 5) is 16.3. The molecule has 6 heteroatoms. The molecule has 3 heterocycles. The Kier molecular flexibility index (Phi) is 5.51. The van der Waals surface area contributed by atoms with Crippen LogP contribution < -0.4 is 5.32 Å². The first-order valence-electron chi connectivity index (χ1n) is 11.2. The third-order valence-electron chi connectivity index (χ3n) is 6.37. The van der Waals surface area contributed by atoms with Crippen LogP contribution in [0.15, 0.2) is 48.7 Å². The summed E-state index contributed by atoms with van der Waals surface area (Å²) in [5.41, 5.74) is 3.34. The minimum absolute atomic E-state index is 0.0331. The highest BCUT2D eigenvalue weighted by atomic mass is 32.1. The summed E-state index contributed by atoms with van der Waals surface area (Å²) in [5.74, 6) is 0.153. The summed E-state index contributed by atoms with van der Waals surface area (Å²) in [5, 5.41) is 5.40. The fraction of sp³-hybridized carbons (Fsp3) is 0.346. The number of aryl methyl sites for hydroxylation is 1. The number of fused-ring (bicyclic) bond motifs is 2. The molecule has 5 rings (SSSR count). The molecule has 1 aliphatic heterocycles. The van der Waals surface area contributed by atoms with Crippen LogP contribution in [-0.4, -0.2) is 34.5 Å². The first kappa shape index (κ1) is 21.2. The molecule has 0 radical (unpaired) electrons. The number of amides is 1. The van der Waals surface area contributed by atoms with E-state index >= 15 is 0 Å². The highest BCUT2D eigenvalue weighted by Crippen LogP contribution is 2.40. The number of benzene rings is 2. The van der Waals surface area contributed by atoms with Gasteiger partial charge in [-0.15, -0.1) is 11.3 Å². The van der Waals surface area contributed by atoms with Gasteiger partial charge in [0.25, 0.3) is 5.91 Å². The van der Waals surface area contributed by atoms with Crippen molar-refractivity contribution in [1.82, 2.24) is 14.8 Å². The van der Waals surface area contributed by atoms with Crippen molar-refractivity contribution in [2.75, 3.05) is 13.1 Å². The number of nitrogens with zero attached hydrogens (tertiary/aromatic N) is 2. The lowest BCUT2D eigenvalue weighted by Gasteiger charge is -2.17. The predicted octanol–water partition coefficient (Wildman–Crippen LogP) is 5.66. The van der Waals surface area contributed by atoms with E-state index in [-0.39, 0.29) is 17.8 Å². The highest BCUT2D eigenvalue weighted by molar-refractivity contribution is 7.21. The maximum atomic E-state index is 13.7. The van der Waals surface area contributed by atoms with Crippen LogP contribution in [0, 0.1) is 5.82 Å². The van der Waals surface area contributed by atoms with Crippen molar-refractivity contribution in [2.45, 2.75) is 38.8 Å². The van der Waals surface area contributed by atoms with E-state index in [0.29, 0.717) is 5.92 Å². The van der Waals surface area contributed by atoms with Crippen molar-refractivity contribution >= 4 is 38.2 Å². The van der Waals surface area contributed by atoms with Gasteiger partial charge in [-0.2, -0.15) is 0 Å². The Labute approximate surface area is 191 Å². The largest absolute Gasteiger partial charge is 0.350 e. The summed E-state index contributed by atoms with van der Waals surface area (Å²) < 4.78 is 16.9. The fourth-order valence-electron chi connectivity index (χ4n) is 4.99. The Morgan fingerprint density at radius 2 is 2.03 bits per heavy atom. The van der Waals surface area contributed by atoms with Gasteiger partial charge in [-0.05, 0) is 67.6 Å². The zero-order chi connectivity index (χ0) is 22.4. The Hall–Kier alpha value is -2.70. The summed E-state index contributed by atoms with van der Waals surface area (Å²) in [6.45, 7) is 6.73. The molecule has 1 saturated heterocycles. The minimum atomic E-state index is -0.206. The van der Waals surface area contributed by atoms with Crippen molar-refractivity contribution in [3.63, 3.8) is 0 Å². The normalized spacial score (nSPS) is 17.1. The molecule has 0 unspecified atom stereocenters. The van der Waals surface area contributed by atoms with Crippen LogP contribution in [0.4, 0.5) is 4.39 Å². The van der Waals surface area contributed by atoms with Crippen molar-refractivity contribution in [1.29, 1.82) is 0 Å². The second-order valence-corrected chi connectivity index (χ2v) is 10.2. The molecule has 1 atom stereocenters. The lowest BCUT2D eigenvalue weighted by atomic mass is 9.95. The van der Waals surface area contributed by atoms with Gasteiger partial charge in [0.1, 0.15) is 5.82 Å². The van der Waals surface area contributed by atoms with E-state index in [2.05, 4.69) is 34.6 Å². The number of nitrogens with one attached hydrogen (secondary N) is 1. The number of hydrogen-bond acceptors (Lipinski definition) is 3. The molecule has 0 saturated carbocycles. The van der Waals surface area contributed by atoms with Crippen LogP contribution in [0.25, 0.3) is 21.0 Å². The third-order valence-corrected chi connectivity index (χ3v) is 7.55. The number of hydrogen-bond donors (Lipinski definition) is 1. The third kappa shape index (κ3) is 3.82. The van der Waals surface area contributed by atoms with E-state index in [9.17, 15) is 9.18 Å². The summed E-state index contributed by atoms with van der Waals surface area (Å²) in [7, 11) is 1.97. The van der Waals surface area contributed by atoms with E-state index in [0.717, 1.165) is 41.8 Å². The molecule has 166 valence electrons. The smallest absolute Gasteiger partial charge is 0.261 e. The van der Waals surface area contributed by atoms with Gasteiger partial charge in [-0.3, -0.25) is 9.69 Å². The molecule has 4 nitrogen and oxygen atoms in total. The number of carbonyl (C=O) groups is 1. The monoisotopic (exact) mass is 449 g/mol. The van der Waals surface area contributed by atoms with E-state index in [1.807, 2.05) is 37.6 Å². The lowest BCUT2D eigenvalue weighted by molar-refractivity contribution is 0.0946. The average molecular weight is 450 g/mol. The van der Waals surface area contributed by atoms with Crippen LogP contribution >= 0.6 is 11.3 Å². The van der Waals surface area contributed by atoms with Crippen LogP contribution in [0.5, 0.6) is 0 Å². The quantitative estimate of drug-likeness (QED) is 0.427. The van der Waals surface area contributed by atoms with Gasteiger partial charge in [0.15, 0.2) is 0 Å². The maximum Gasteiger partial charge on any atom is 0.261 e. The molecule has 1 N–H and O–H groups in total. The van der Waals surface area contributed by atoms with Crippen molar-refractivity contribution in [3.8, 4) is 0 Å². The van der Waals surface area contributed by atoms with Crippen LogP contribution in [0.1, 0.15) is 47.0 Å². The maximum absolute atomic E-state index is 13.7. The molecule has 0 aliphatic carbocycles. The molecular weight excluding hydrogens is 421 g/mol. The van der Waals surface area contributed by atoms with Gasteiger partial charge in [0, 0.05) is 48.4 Å². The number of likely N-dealkylation sites (tertiary alicyclic amines) is 1. The second kappa shape index (κ2) is 8.34. The highest BCUT2D eigenvalue weighted by Gasteiger charge is 2.31. The second-order valence-electron chi connectivity index (χ2n) is 9.12. The molecule has 1 fully saturated rings. The fourth-order valence-corrected chi connectivity index (χ4v) is 6.18. The summed E-state index contributed by atoms with van der Waals surface area (Å²) in [6.07, 6.45) is 3.14. The minimum Gasteiger partial charge on any atom is -0.350 e. The Balaban J connectivity index is 1.43. The molecular formula is C26H28FN3OS. The molecule has 1 amide bonds. The molecule has 2 aromatic carbocycles. The van der Waals surface area contributed by atoms with Gasteiger partial charge in [0.2, 0.25) is 0 Å². The Bertz CT molecular complexity index is 1310. The SMILES string of the molecule is CC(C)NC(=O)c1sc2ccccc2c1[C@H]1CCN(Cc2cn(C)c3cc(F)ccc23)C1. The predicted molar refractivity (Wildman–Crippen MR) is 130 cm³/mol. The van der Waals surface area contributed by atoms with Crippen molar-refractivity contribution in [2.24, 2.45) is 7.05 Å². The van der Waals surface area contributed by atoms with Gasteiger partial charge in [-0.25, -0.2) is 4.39 Å². The summed E-state index contributed by atoms with van der Waals surface area (Å²) >= 11 is 1.60. The number of aromatic nitrogens is 1.